The number of piperidine rings is 1. The largest absolute Gasteiger partial charge is 0.305 e. The summed E-state index contributed by atoms with van der Waals surface area (Å²) < 4.78 is 0. The van der Waals surface area contributed by atoms with Gasteiger partial charge in [-0.2, -0.15) is 0 Å². The fourth-order valence-electron chi connectivity index (χ4n) is 3.87. The van der Waals surface area contributed by atoms with Gasteiger partial charge < -0.3 is 9.80 Å². The van der Waals surface area contributed by atoms with Gasteiger partial charge in [0.25, 0.3) is 0 Å². The lowest BCUT2D eigenvalue weighted by molar-refractivity contribution is -0.129. The Bertz CT molecular complexity index is 316. The lowest BCUT2D eigenvalue weighted by atomic mass is 9.74. The van der Waals surface area contributed by atoms with Crippen LogP contribution in [0.4, 0.5) is 0 Å². The molecule has 1 heterocycles. The third kappa shape index (κ3) is 3.79. The molecule has 0 bridgehead atoms. The van der Waals surface area contributed by atoms with Crippen LogP contribution in [0, 0.1) is 17.8 Å². The minimum atomic E-state index is 0.289. The number of likely N-dealkylation sites (tertiary alicyclic amines) is 1. The molecule has 3 heteroatoms. The first-order valence-corrected chi connectivity index (χ1v) is 7.89. The maximum atomic E-state index is 12.3. The van der Waals surface area contributed by atoms with E-state index in [0.717, 1.165) is 19.5 Å². The summed E-state index contributed by atoms with van der Waals surface area (Å²) in [4.78, 5) is 17.1. The number of nitrogens with zero attached hydrogens (tertiary/aromatic N) is 2. The molecule has 2 fully saturated rings. The third-order valence-corrected chi connectivity index (χ3v) is 5.09. The van der Waals surface area contributed by atoms with Crippen LogP contribution in [0.2, 0.25) is 0 Å². The number of carbonyl (C=O) groups excluding carboxylic acids is 1. The Hall–Kier alpha value is -0.410. The van der Waals surface area contributed by atoms with Crippen molar-refractivity contribution in [2.24, 2.45) is 17.8 Å². The lowest BCUT2D eigenvalue weighted by Gasteiger charge is -2.40. The maximum absolute atomic E-state index is 12.3. The Morgan fingerprint density at radius 1 is 1.32 bits per heavy atom. The molecule has 2 rings (SSSR count). The van der Waals surface area contributed by atoms with Gasteiger partial charge in [-0.25, -0.2) is 0 Å². The van der Waals surface area contributed by atoms with E-state index in [1.165, 1.54) is 25.8 Å². The van der Waals surface area contributed by atoms with Gasteiger partial charge in [0, 0.05) is 31.5 Å². The molecule has 19 heavy (non-hydrogen) atoms. The summed E-state index contributed by atoms with van der Waals surface area (Å²) >= 11 is 0. The highest BCUT2D eigenvalue weighted by Gasteiger charge is 2.34. The van der Waals surface area contributed by atoms with Gasteiger partial charge in [0.1, 0.15) is 5.78 Å². The first-order chi connectivity index (χ1) is 8.97. The van der Waals surface area contributed by atoms with Crippen molar-refractivity contribution < 1.29 is 4.79 Å². The van der Waals surface area contributed by atoms with Crippen LogP contribution in [-0.2, 0) is 4.79 Å². The highest BCUT2D eigenvalue weighted by Crippen LogP contribution is 2.32. The number of carbonyl (C=O) groups is 1. The summed E-state index contributed by atoms with van der Waals surface area (Å²) in [5.74, 6) is 1.96. The van der Waals surface area contributed by atoms with Gasteiger partial charge in [-0.05, 0) is 51.7 Å². The molecule has 3 nitrogen and oxygen atoms in total. The summed E-state index contributed by atoms with van der Waals surface area (Å²) in [5.41, 5.74) is 0. The zero-order chi connectivity index (χ0) is 14.0. The summed E-state index contributed by atoms with van der Waals surface area (Å²) in [6, 6.07) is 0.668. The second-order valence-corrected chi connectivity index (χ2v) is 7.11. The average Bonchev–Trinajstić information content (AvgIpc) is 2.34. The molecular weight excluding hydrogens is 236 g/mol. The van der Waals surface area contributed by atoms with Gasteiger partial charge in [0.05, 0.1) is 0 Å². The quantitative estimate of drug-likeness (QED) is 0.783. The van der Waals surface area contributed by atoms with Crippen molar-refractivity contribution in [1.82, 2.24) is 9.80 Å². The van der Waals surface area contributed by atoms with Crippen LogP contribution in [0.15, 0.2) is 0 Å². The van der Waals surface area contributed by atoms with Gasteiger partial charge in [-0.1, -0.05) is 13.8 Å². The fourth-order valence-corrected chi connectivity index (χ4v) is 3.87. The number of likely N-dealkylation sites (N-methyl/N-ethyl adjacent to an activating group) is 1. The van der Waals surface area contributed by atoms with Gasteiger partial charge in [-0.15, -0.1) is 0 Å². The number of Topliss-reactive ketones (excluding diaryl/α,β-unsaturated/α-hetero) is 1. The molecule has 1 saturated heterocycles. The Morgan fingerprint density at radius 2 is 2.05 bits per heavy atom. The zero-order valence-electron chi connectivity index (χ0n) is 13.1. The molecule has 1 aliphatic heterocycles. The molecule has 1 saturated carbocycles. The maximum Gasteiger partial charge on any atom is 0.137 e. The highest BCUT2D eigenvalue weighted by atomic mass is 16.1. The Kier molecular flexibility index (Phi) is 5.02. The SMILES string of the molecule is CC1CC(=O)C(CN2CCCC(N(C)C)C2)C(C)C1. The minimum Gasteiger partial charge on any atom is -0.305 e. The van der Waals surface area contributed by atoms with Crippen LogP contribution in [-0.4, -0.2) is 55.4 Å². The minimum absolute atomic E-state index is 0.289. The molecule has 110 valence electrons. The second-order valence-electron chi connectivity index (χ2n) is 7.11. The van der Waals surface area contributed by atoms with Crippen LogP contribution in [0.5, 0.6) is 0 Å². The molecule has 0 aromatic carbocycles. The van der Waals surface area contributed by atoms with E-state index in [0.29, 0.717) is 23.7 Å². The van der Waals surface area contributed by atoms with E-state index >= 15 is 0 Å². The highest BCUT2D eigenvalue weighted by molar-refractivity contribution is 5.82. The van der Waals surface area contributed by atoms with Crippen molar-refractivity contribution in [3.8, 4) is 0 Å². The van der Waals surface area contributed by atoms with Crippen LogP contribution in [0.25, 0.3) is 0 Å². The van der Waals surface area contributed by atoms with Gasteiger partial charge >= 0.3 is 0 Å². The van der Waals surface area contributed by atoms with Gasteiger partial charge in [0.2, 0.25) is 0 Å². The van der Waals surface area contributed by atoms with Gasteiger partial charge in [0.15, 0.2) is 0 Å². The number of rotatable bonds is 3. The van der Waals surface area contributed by atoms with Crippen molar-refractivity contribution in [3.63, 3.8) is 0 Å². The molecule has 1 aliphatic carbocycles. The molecule has 0 N–H and O–H groups in total. The Morgan fingerprint density at radius 3 is 2.68 bits per heavy atom. The number of hydrogen-bond acceptors (Lipinski definition) is 3. The van der Waals surface area contributed by atoms with Crippen LogP contribution < -0.4 is 0 Å². The van der Waals surface area contributed by atoms with E-state index in [1.54, 1.807) is 0 Å². The monoisotopic (exact) mass is 266 g/mol. The fraction of sp³-hybridized carbons (Fsp3) is 0.938. The summed E-state index contributed by atoms with van der Waals surface area (Å²) in [5, 5.41) is 0. The van der Waals surface area contributed by atoms with Crippen molar-refractivity contribution in [3.05, 3.63) is 0 Å². The number of hydrogen-bond donors (Lipinski definition) is 0. The molecule has 0 radical (unpaired) electrons. The zero-order valence-corrected chi connectivity index (χ0v) is 13.1. The van der Waals surface area contributed by atoms with Crippen molar-refractivity contribution >= 4 is 5.78 Å². The van der Waals surface area contributed by atoms with E-state index in [-0.39, 0.29) is 5.92 Å². The molecule has 4 unspecified atom stereocenters. The Labute approximate surface area is 118 Å². The molecule has 0 aromatic rings. The molecule has 4 atom stereocenters. The molecule has 0 aromatic heterocycles. The first-order valence-electron chi connectivity index (χ1n) is 7.89. The molecule has 2 aliphatic rings. The van der Waals surface area contributed by atoms with Crippen LogP contribution >= 0.6 is 0 Å². The average molecular weight is 266 g/mol. The van der Waals surface area contributed by atoms with E-state index in [1.807, 2.05) is 0 Å². The van der Waals surface area contributed by atoms with E-state index in [4.69, 9.17) is 0 Å². The third-order valence-electron chi connectivity index (χ3n) is 5.09. The predicted octanol–water partition coefficient (Wildman–Crippen LogP) is 2.26. The Balaban J connectivity index is 1.91. The smallest absolute Gasteiger partial charge is 0.137 e. The summed E-state index contributed by atoms with van der Waals surface area (Å²) in [6.07, 6.45) is 4.60. The van der Waals surface area contributed by atoms with E-state index < -0.39 is 0 Å². The molecule has 0 amide bonds. The van der Waals surface area contributed by atoms with Crippen LogP contribution in [0.3, 0.4) is 0 Å². The topological polar surface area (TPSA) is 23.6 Å². The van der Waals surface area contributed by atoms with Crippen LogP contribution in [0.1, 0.15) is 39.5 Å². The van der Waals surface area contributed by atoms with E-state index in [2.05, 4.69) is 37.7 Å². The predicted molar refractivity (Wildman–Crippen MR) is 79.2 cm³/mol. The second kappa shape index (κ2) is 6.36. The molecular formula is C16H30N2O. The lowest BCUT2D eigenvalue weighted by Crippen LogP contribution is -2.48. The number of ketones is 1. The van der Waals surface area contributed by atoms with E-state index in [9.17, 15) is 4.79 Å². The normalized spacial score (nSPS) is 37.8. The first kappa shape index (κ1) is 15.0. The van der Waals surface area contributed by atoms with Gasteiger partial charge in [-0.3, -0.25) is 4.79 Å². The van der Waals surface area contributed by atoms with Crippen molar-refractivity contribution in [2.75, 3.05) is 33.7 Å². The molecule has 0 spiro atoms. The van der Waals surface area contributed by atoms with Crippen molar-refractivity contribution in [2.45, 2.75) is 45.6 Å². The standard InChI is InChI=1S/C16H30N2O/c1-12-8-13(2)15(16(19)9-12)11-18-7-5-6-14(10-18)17(3)4/h12-15H,5-11H2,1-4H3. The van der Waals surface area contributed by atoms with Crippen molar-refractivity contribution in [1.29, 1.82) is 0 Å². The summed E-state index contributed by atoms with van der Waals surface area (Å²) in [7, 11) is 4.34. The summed E-state index contributed by atoms with van der Waals surface area (Å²) in [6.45, 7) is 7.80.